The van der Waals surface area contributed by atoms with Gasteiger partial charge in [0.25, 0.3) is 0 Å². The SMILES string of the molecule is Br.Br.Cc1cc(C)c2c(n1)N(CCN(C)C)C(=O)CC2. The molecule has 1 aliphatic rings. The molecule has 1 aliphatic heterocycles. The maximum absolute atomic E-state index is 12.1. The monoisotopic (exact) mass is 407 g/mol. The molecule has 1 aromatic rings. The van der Waals surface area contributed by atoms with Crippen LogP contribution in [0.15, 0.2) is 6.07 Å². The van der Waals surface area contributed by atoms with E-state index in [1.807, 2.05) is 25.9 Å². The number of hydrogen-bond acceptors (Lipinski definition) is 3. The van der Waals surface area contributed by atoms with E-state index in [1.54, 1.807) is 0 Å². The van der Waals surface area contributed by atoms with Gasteiger partial charge in [-0.1, -0.05) is 0 Å². The fourth-order valence-electron chi connectivity index (χ4n) is 2.39. The molecule has 2 rings (SSSR count). The van der Waals surface area contributed by atoms with E-state index in [2.05, 4.69) is 22.9 Å². The Kier molecular flexibility index (Phi) is 7.91. The first-order valence-corrected chi connectivity index (χ1v) is 6.41. The normalized spacial score (nSPS) is 13.7. The van der Waals surface area contributed by atoms with Gasteiger partial charge in [0.1, 0.15) is 5.82 Å². The first-order valence-electron chi connectivity index (χ1n) is 6.41. The van der Waals surface area contributed by atoms with Crippen molar-refractivity contribution in [3.05, 3.63) is 22.9 Å². The average Bonchev–Trinajstić information content (AvgIpc) is 2.26. The van der Waals surface area contributed by atoms with Gasteiger partial charge >= 0.3 is 0 Å². The molecule has 20 heavy (non-hydrogen) atoms. The average molecular weight is 409 g/mol. The summed E-state index contributed by atoms with van der Waals surface area (Å²) >= 11 is 0. The number of anilines is 1. The number of carbonyl (C=O) groups is 1. The molecule has 114 valence electrons. The second-order valence-electron chi connectivity index (χ2n) is 5.23. The molecule has 0 saturated heterocycles. The van der Waals surface area contributed by atoms with Crippen LogP contribution in [-0.2, 0) is 11.2 Å². The number of aromatic nitrogens is 1. The van der Waals surface area contributed by atoms with E-state index in [0.717, 1.165) is 24.5 Å². The maximum Gasteiger partial charge on any atom is 0.228 e. The lowest BCUT2D eigenvalue weighted by Crippen LogP contribution is -2.40. The Balaban J connectivity index is 0.00000180. The molecule has 1 aromatic heterocycles. The molecular formula is C14H23Br2N3O. The third-order valence-electron chi connectivity index (χ3n) is 3.37. The van der Waals surface area contributed by atoms with E-state index in [1.165, 1.54) is 11.1 Å². The summed E-state index contributed by atoms with van der Waals surface area (Å²) in [5.74, 6) is 1.08. The number of carbonyl (C=O) groups excluding carboxylic acids is 1. The summed E-state index contributed by atoms with van der Waals surface area (Å²) in [6.07, 6.45) is 1.43. The van der Waals surface area contributed by atoms with E-state index < -0.39 is 0 Å². The minimum atomic E-state index is 0. The molecule has 0 bridgehead atoms. The summed E-state index contributed by atoms with van der Waals surface area (Å²) in [7, 11) is 4.04. The number of nitrogens with zero attached hydrogens (tertiary/aromatic N) is 3. The van der Waals surface area contributed by atoms with Crippen molar-refractivity contribution in [2.75, 3.05) is 32.1 Å². The maximum atomic E-state index is 12.1. The highest BCUT2D eigenvalue weighted by molar-refractivity contribution is 8.93. The van der Waals surface area contributed by atoms with E-state index in [-0.39, 0.29) is 39.9 Å². The van der Waals surface area contributed by atoms with Crippen molar-refractivity contribution in [1.82, 2.24) is 9.88 Å². The van der Waals surface area contributed by atoms with Crippen LogP contribution in [0.2, 0.25) is 0 Å². The van der Waals surface area contributed by atoms with Crippen molar-refractivity contribution in [2.45, 2.75) is 26.7 Å². The van der Waals surface area contributed by atoms with Gasteiger partial charge in [0.2, 0.25) is 5.91 Å². The van der Waals surface area contributed by atoms with Crippen LogP contribution in [0.3, 0.4) is 0 Å². The summed E-state index contributed by atoms with van der Waals surface area (Å²) in [6.45, 7) is 5.67. The lowest BCUT2D eigenvalue weighted by Gasteiger charge is -2.30. The minimum absolute atomic E-state index is 0. The van der Waals surface area contributed by atoms with Crippen molar-refractivity contribution < 1.29 is 4.79 Å². The zero-order chi connectivity index (χ0) is 13.3. The molecule has 0 aromatic carbocycles. The van der Waals surface area contributed by atoms with Gasteiger partial charge in [0, 0.05) is 25.2 Å². The standard InChI is InChI=1S/C14H21N3O.2BrH/c1-10-9-11(2)15-14-12(10)5-6-13(18)17(14)8-7-16(3)4;;/h9H,5-8H2,1-4H3;2*1H. The third-order valence-corrected chi connectivity index (χ3v) is 3.37. The van der Waals surface area contributed by atoms with Gasteiger partial charge < -0.3 is 4.90 Å². The summed E-state index contributed by atoms with van der Waals surface area (Å²) < 4.78 is 0. The third kappa shape index (κ3) is 4.27. The number of pyridine rings is 1. The van der Waals surface area contributed by atoms with Gasteiger partial charge in [0.15, 0.2) is 0 Å². The molecule has 4 nitrogen and oxygen atoms in total. The second-order valence-corrected chi connectivity index (χ2v) is 5.23. The van der Waals surface area contributed by atoms with Crippen LogP contribution in [0.25, 0.3) is 0 Å². The zero-order valence-electron chi connectivity index (χ0n) is 12.5. The Bertz CT molecular complexity index is 478. The topological polar surface area (TPSA) is 36.4 Å². The van der Waals surface area contributed by atoms with Crippen molar-refractivity contribution in [1.29, 1.82) is 0 Å². The Hall–Kier alpha value is -0.460. The van der Waals surface area contributed by atoms with Crippen molar-refractivity contribution in [3.63, 3.8) is 0 Å². The van der Waals surface area contributed by atoms with E-state index >= 15 is 0 Å². The molecule has 0 N–H and O–H groups in total. The van der Waals surface area contributed by atoms with E-state index in [0.29, 0.717) is 13.0 Å². The fourth-order valence-corrected chi connectivity index (χ4v) is 2.39. The second kappa shape index (κ2) is 8.10. The number of likely N-dealkylation sites (N-methyl/N-ethyl adjacent to an activating group) is 1. The van der Waals surface area contributed by atoms with Crippen molar-refractivity contribution in [2.24, 2.45) is 0 Å². The molecular weight excluding hydrogens is 386 g/mol. The molecule has 1 amide bonds. The number of fused-ring (bicyclic) bond motifs is 1. The molecule has 0 unspecified atom stereocenters. The minimum Gasteiger partial charge on any atom is -0.308 e. The highest BCUT2D eigenvalue weighted by atomic mass is 79.9. The number of rotatable bonds is 3. The van der Waals surface area contributed by atoms with Crippen LogP contribution >= 0.6 is 34.0 Å². The first kappa shape index (κ1) is 19.5. The summed E-state index contributed by atoms with van der Waals surface area (Å²) in [5.41, 5.74) is 3.47. The molecule has 0 fully saturated rings. The van der Waals surface area contributed by atoms with Crippen LogP contribution in [0.5, 0.6) is 0 Å². The van der Waals surface area contributed by atoms with Crippen LogP contribution in [-0.4, -0.2) is 43.0 Å². The van der Waals surface area contributed by atoms with Crippen LogP contribution in [0.4, 0.5) is 5.82 Å². The quantitative estimate of drug-likeness (QED) is 0.771. The number of amides is 1. The number of hydrogen-bond donors (Lipinski definition) is 0. The summed E-state index contributed by atoms with van der Waals surface area (Å²) in [4.78, 5) is 20.6. The van der Waals surface area contributed by atoms with Gasteiger partial charge in [-0.2, -0.15) is 0 Å². The lowest BCUT2D eigenvalue weighted by atomic mass is 9.99. The van der Waals surface area contributed by atoms with Crippen LogP contribution in [0.1, 0.15) is 23.2 Å². The predicted molar refractivity (Wildman–Crippen MR) is 93.6 cm³/mol. The molecule has 2 heterocycles. The smallest absolute Gasteiger partial charge is 0.228 e. The van der Waals surface area contributed by atoms with Gasteiger partial charge in [0.05, 0.1) is 0 Å². The Morgan fingerprint density at radius 2 is 1.90 bits per heavy atom. The van der Waals surface area contributed by atoms with E-state index in [9.17, 15) is 4.79 Å². The first-order chi connectivity index (χ1) is 8.49. The number of aryl methyl sites for hydroxylation is 2. The Morgan fingerprint density at radius 3 is 2.50 bits per heavy atom. The fraction of sp³-hybridized carbons (Fsp3) is 0.571. The molecule has 0 spiro atoms. The summed E-state index contributed by atoms with van der Waals surface area (Å²) in [6, 6.07) is 2.10. The van der Waals surface area contributed by atoms with E-state index in [4.69, 9.17) is 0 Å². The van der Waals surface area contributed by atoms with Gasteiger partial charge in [-0.25, -0.2) is 4.98 Å². The van der Waals surface area contributed by atoms with Gasteiger partial charge in [-0.3, -0.25) is 9.69 Å². The Labute approximate surface area is 142 Å². The Morgan fingerprint density at radius 1 is 1.25 bits per heavy atom. The molecule has 0 atom stereocenters. The predicted octanol–water partition coefficient (Wildman–Crippen LogP) is 2.70. The van der Waals surface area contributed by atoms with Crippen LogP contribution in [0, 0.1) is 13.8 Å². The molecule has 0 aliphatic carbocycles. The van der Waals surface area contributed by atoms with Crippen molar-refractivity contribution >= 4 is 45.7 Å². The highest BCUT2D eigenvalue weighted by Gasteiger charge is 2.26. The van der Waals surface area contributed by atoms with Gasteiger partial charge in [-0.15, -0.1) is 34.0 Å². The van der Waals surface area contributed by atoms with Gasteiger partial charge in [-0.05, 0) is 51.6 Å². The molecule has 6 heteroatoms. The largest absolute Gasteiger partial charge is 0.308 e. The lowest BCUT2D eigenvalue weighted by molar-refractivity contribution is -0.119. The highest BCUT2D eigenvalue weighted by Crippen LogP contribution is 2.28. The van der Waals surface area contributed by atoms with Crippen molar-refractivity contribution in [3.8, 4) is 0 Å². The molecule has 0 radical (unpaired) electrons. The zero-order valence-corrected chi connectivity index (χ0v) is 15.9. The molecule has 0 saturated carbocycles. The summed E-state index contributed by atoms with van der Waals surface area (Å²) in [5, 5.41) is 0. The number of halogens is 2. The van der Waals surface area contributed by atoms with Crippen LogP contribution < -0.4 is 4.90 Å².